The van der Waals surface area contributed by atoms with E-state index in [1.165, 1.54) is 0 Å². The van der Waals surface area contributed by atoms with E-state index in [2.05, 4.69) is 31.2 Å². The fourth-order valence-corrected chi connectivity index (χ4v) is 4.19. The molecule has 0 unspecified atom stereocenters. The first-order valence-corrected chi connectivity index (χ1v) is 10.8. The van der Waals surface area contributed by atoms with Gasteiger partial charge in [-0.25, -0.2) is 4.98 Å². The van der Waals surface area contributed by atoms with Gasteiger partial charge in [0, 0.05) is 62.6 Å². The average Bonchev–Trinajstić information content (AvgIpc) is 2.80. The monoisotopic (exact) mass is 410 g/mol. The van der Waals surface area contributed by atoms with Crippen LogP contribution < -0.4 is 5.32 Å². The third-order valence-corrected chi connectivity index (χ3v) is 5.90. The SMILES string of the molecule is C[C@H](CN1CCOCC1)C(=O)N1CCC(c2ccc(Nc3cnccn3)cn2)CC1. The van der Waals surface area contributed by atoms with E-state index in [1.807, 2.05) is 24.1 Å². The molecule has 2 aromatic heterocycles. The lowest BCUT2D eigenvalue weighted by Crippen LogP contribution is -2.46. The van der Waals surface area contributed by atoms with Crippen molar-refractivity contribution in [3.63, 3.8) is 0 Å². The topological polar surface area (TPSA) is 83.5 Å². The number of rotatable bonds is 6. The minimum Gasteiger partial charge on any atom is -0.379 e. The van der Waals surface area contributed by atoms with Gasteiger partial charge in [-0.1, -0.05) is 6.92 Å². The number of amides is 1. The highest BCUT2D eigenvalue weighted by Gasteiger charge is 2.28. The van der Waals surface area contributed by atoms with Gasteiger partial charge in [-0.2, -0.15) is 0 Å². The van der Waals surface area contributed by atoms with Crippen LogP contribution in [0, 0.1) is 5.92 Å². The molecular weight excluding hydrogens is 380 g/mol. The number of carbonyl (C=O) groups excluding carboxylic acids is 1. The van der Waals surface area contributed by atoms with Gasteiger partial charge in [0.25, 0.3) is 0 Å². The molecule has 4 heterocycles. The molecule has 2 aliphatic rings. The molecule has 2 aromatic rings. The maximum atomic E-state index is 12.9. The van der Waals surface area contributed by atoms with Crippen molar-refractivity contribution in [1.82, 2.24) is 24.8 Å². The zero-order valence-corrected chi connectivity index (χ0v) is 17.5. The smallest absolute Gasteiger partial charge is 0.226 e. The Labute approximate surface area is 177 Å². The Hall–Kier alpha value is -2.58. The van der Waals surface area contributed by atoms with E-state index in [9.17, 15) is 4.79 Å². The first-order valence-electron chi connectivity index (χ1n) is 10.8. The van der Waals surface area contributed by atoms with Crippen molar-refractivity contribution >= 4 is 17.4 Å². The molecule has 30 heavy (non-hydrogen) atoms. The standard InChI is InChI=1S/C22H30N6O2/c1-17(16-27-10-12-30-13-11-27)22(29)28-8-4-18(5-9-28)20-3-2-19(14-25-20)26-21-15-23-6-7-24-21/h2-3,6-7,14-15,17-18H,4-5,8-13,16H2,1H3,(H,24,26)/t17-/m1/s1. The predicted molar refractivity (Wildman–Crippen MR) is 115 cm³/mol. The number of aromatic nitrogens is 3. The van der Waals surface area contributed by atoms with E-state index in [4.69, 9.17) is 4.74 Å². The molecule has 4 rings (SSSR count). The number of ether oxygens (including phenoxy) is 1. The van der Waals surface area contributed by atoms with E-state index < -0.39 is 0 Å². The Morgan fingerprint density at radius 2 is 1.93 bits per heavy atom. The van der Waals surface area contributed by atoms with Gasteiger partial charge in [0.05, 0.1) is 31.3 Å². The highest BCUT2D eigenvalue weighted by Crippen LogP contribution is 2.28. The Balaban J connectivity index is 1.26. The molecule has 2 saturated heterocycles. The number of hydrogen-bond acceptors (Lipinski definition) is 7. The van der Waals surface area contributed by atoms with E-state index in [1.54, 1.807) is 18.6 Å². The van der Waals surface area contributed by atoms with Crippen LogP contribution >= 0.6 is 0 Å². The number of pyridine rings is 1. The molecule has 1 amide bonds. The van der Waals surface area contributed by atoms with Crippen molar-refractivity contribution in [3.05, 3.63) is 42.6 Å². The van der Waals surface area contributed by atoms with Gasteiger partial charge in [0.2, 0.25) is 5.91 Å². The zero-order chi connectivity index (χ0) is 20.8. The molecule has 0 aromatic carbocycles. The van der Waals surface area contributed by atoms with E-state index >= 15 is 0 Å². The predicted octanol–water partition coefficient (Wildman–Crippen LogP) is 2.29. The maximum absolute atomic E-state index is 12.9. The number of nitrogens with zero attached hydrogens (tertiary/aromatic N) is 5. The lowest BCUT2D eigenvalue weighted by molar-refractivity contribution is -0.137. The van der Waals surface area contributed by atoms with Crippen LogP contribution in [-0.2, 0) is 9.53 Å². The van der Waals surface area contributed by atoms with Gasteiger partial charge in [0.15, 0.2) is 0 Å². The van der Waals surface area contributed by atoms with Crippen LogP contribution in [0.25, 0.3) is 0 Å². The molecule has 0 bridgehead atoms. The highest BCUT2D eigenvalue weighted by atomic mass is 16.5. The maximum Gasteiger partial charge on any atom is 0.226 e. The molecule has 0 radical (unpaired) electrons. The second-order valence-corrected chi connectivity index (χ2v) is 8.10. The molecule has 0 saturated carbocycles. The summed E-state index contributed by atoms with van der Waals surface area (Å²) in [4.78, 5) is 30.1. The first kappa shape index (κ1) is 20.7. The molecule has 8 heteroatoms. The zero-order valence-electron chi connectivity index (χ0n) is 17.5. The summed E-state index contributed by atoms with van der Waals surface area (Å²) >= 11 is 0. The van der Waals surface area contributed by atoms with Crippen molar-refractivity contribution in [2.75, 3.05) is 51.3 Å². The normalized spacial score (nSPS) is 19.4. The fraction of sp³-hybridized carbons (Fsp3) is 0.545. The highest BCUT2D eigenvalue weighted by molar-refractivity contribution is 5.78. The molecule has 2 aliphatic heterocycles. The van der Waals surface area contributed by atoms with Gasteiger partial charge in [-0.05, 0) is 25.0 Å². The minimum atomic E-state index is 0.0317. The third-order valence-electron chi connectivity index (χ3n) is 5.90. The molecule has 2 fully saturated rings. The Bertz CT molecular complexity index is 802. The van der Waals surface area contributed by atoms with E-state index in [0.29, 0.717) is 11.7 Å². The number of piperidine rings is 1. The van der Waals surface area contributed by atoms with Crippen molar-refractivity contribution in [2.24, 2.45) is 5.92 Å². The number of nitrogens with one attached hydrogen (secondary N) is 1. The number of carbonyl (C=O) groups is 1. The molecule has 0 spiro atoms. The molecular formula is C22H30N6O2. The van der Waals surface area contributed by atoms with E-state index in [0.717, 1.165) is 70.2 Å². The lowest BCUT2D eigenvalue weighted by atomic mass is 9.92. The summed E-state index contributed by atoms with van der Waals surface area (Å²) in [5, 5.41) is 3.20. The molecule has 8 nitrogen and oxygen atoms in total. The first-order chi connectivity index (χ1) is 14.7. The molecule has 1 atom stereocenters. The summed E-state index contributed by atoms with van der Waals surface area (Å²) in [7, 11) is 0. The molecule has 1 N–H and O–H groups in total. The van der Waals surface area contributed by atoms with Crippen LogP contribution in [-0.4, -0.2) is 76.6 Å². The largest absolute Gasteiger partial charge is 0.379 e. The van der Waals surface area contributed by atoms with Gasteiger partial charge >= 0.3 is 0 Å². The summed E-state index contributed by atoms with van der Waals surface area (Å²) in [6.07, 6.45) is 8.74. The average molecular weight is 411 g/mol. The van der Waals surface area contributed by atoms with Gasteiger partial charge in [0.1, 0.15) is 5.82 Å². The minimum absolute atomic E-state index is 0.0317. The van der Waals surface area contributed by atoms with Crippen LogP contribution in [0.5, 0.6) is 0 Å². The lowest BCUT2D eigenvalue weighted by Gasteiger charge is -2.35. The van der Waals surface area contributed by atoms with Crippen molar-refractivity contribution in [3.8, 4) is 0 Å². The number of morpholine rings is 1. The summed E-state index contributed by atoms with van der Waals surface area (Å²) in [6, 6.07) is 4.10. The Kier molecular flexibility index (Phi) is 6.86. The van der Waals surface area contributed by atoms with Crippen molar-refractivity contribution < 1.29 is 9.53 Å². The number of anilines is 2. The van der Waals surface area contributed by atoms with E-state index in [-0.39, 0.29) is 11.8 Å². The van der Waals surface area contributed by atoms with Crippen LogP contribution in [0.3, 0.4) is 0 Å². The molecule has 160 valence electrons. The van der Waals surface area contributed by atoms with Crippen LogP contribution in [0.4, 0.5) is 11.5 Å². The second kappa shape index (κ2) is 9.95. The summed E-state index contributed by atoms with van der Waals surface area (Å²) < 4.78 is 5.40. The van der Waals surface area contributed by atoms with Crippen LogP contribution in [0.1, 0.15) is 31.4 Å². The Morgan fingerprint density at radius 3 is 2.60 bits per heavy atom. The summed E-state index contributed by atoms with van der Waals surface area (Å²) in [5.74, 6) is 1.40. The van der Waals surface area contributed by atoms with Crippen molar-refractivity contribution in [2.45, 2.75) is 25.7 Å². The van der Waals surface area contributed by atoms with Crippen molar-refractivity contribution in [1.29, 1.82) is 0 Å². The van der Waals surface area contributed by atoms with Gasteiger partial charge < -0.3 is 15.0 Å². The van der Waals surface area contributed by atoms with Gasteiger partial charge in [-0.15, -0.1) is 0 Å². The van der Waals surface area contributed by atoms with Crippen LogP contribution in [0.15, 0.2) is 36.9 Å². The second-order valence-electron chi connectivity index (χ2n) is 8.10. The van der Waals surface area contributed by atoms with Crippen LogP contribution in [0.2, 0.25) is 0 Å². The number of likely N-dealkylation sites (tertiary alicyclic amines) is 1. The summed E-state index contributed by atoms with van der Waals surface area (Å²) in [5.41, 5.74) is 1.98. The fourth-order valence-electron chi connectivity index (χ4n) is 4.19. The van der Waals surface area contributed by atoms with Gasteiger partial charge in [-0.3, -0.25) is 19.7 Å². The number of hydrogen-bond donors (Lipinski definition) is 1. The summed E-state index contributed by atoms with van der Waals surface area (Å²) in [6.45, 7) is 7.87. The third kappa shape index (κ3) is 5.31. The Morgan fingerprint density at radius 1 is 1.13 bits per heavy atom. The quantitative estimate of drug-likeness (QED) is 0.782. The molecule has 0 aliphatic carbocycles.